The van der Waals surface area contributed by atoms with E-state index in [1.165, 1.54) is 17.7 Å². The Morgan fingerprint density at radius 2 is 1.88 bits per heavy atom. The number of benzene rings is 2. The van der Waals surface area contributed by atoms with Gasteiger partial charge in [-0.05, 0) is 25.0 Å². The van der Waals surface area contributed by atoms with Crippen LogP contribution in [0.25, 0.3) is 0 Å². The van der Waals surface area contributed by atoms with Crippen molar-refractivity contribution in [2.24, 2.45) is 5.10 Å². The Kier molecular flexibility index (Phi) is 10.8. The van der Waals surface area contributed by atoms with Crippen molar-refractivity contribution >= 4 is 18.1 Å². The van der Waals surface area contributed by atoms with Gasteiger partial charge >= 0.3 is 0 Å². The Morgan fingerprint density at radius 3 is 2.44 bits per heavy atom. The zero-order valence-electron chi connectivity index (χ0n) is 19.8. The van der Waals surface area contributed by atoms with Crippen LogP contribution in [0.2, 0.25) is 0 Å². The van der Waals surface area contributed by atoms with E-state index in [0.717, 1.165) is 5.56 Å². The number of halogens is 1. The van der Waals surface area contributed by atoms with Crippen LogP contribution in [-0.2, 0) is 6.42 Å². The first-order valence-corrected chi connectivity index (χ1v) is 10.9. The first kappa shape index (κ1) is 26.5. The molecule has 7 heteroatoms. The van der Waals surface area contributed by atoms with Gasteiger partial charge in [-0.2, -0.15) is 10.4 Å². The number of aliphatic hydroxyl groups is 1. The van der Waals surface area contributed by atoms with Crippen LogP contribution in [0.3, 0.4) is 0 Å². The fourth-order valence-electron chi connectivity index (χ4n) is 3.23. The van der Waals surface area contributed by atoms with E-state index in [-0.39, 0.29) is 11.3 Å². The number of nitrogens with zero attached hydrogens (tertiary/aromatic N) is 3. The average Bonchev–Trinajstić information content (AvgIpc) is 3.14. The number of anilines is 2. The number of allylic oxidation sites excluding steroid dienone is 1. The molecule has 1 aliphatic heterocycles. The molecule has 6 nitrogen and oxygen atoms in total. The lowest BCUT2D eigenvalue weighted by Crippen LogP contribution is -2.39. The third-order valence-electron chi connectivity index (χ3n) is 4.82. The number of rotatable bonds is 6. The number of hydrogen-bond acceptors (Lipinski definition) is 6. The Balaban J connectivity index is 0.00000121. The first-order valence-electron chi connectivity index (χ1n) is 10.9. The van der Waals surface area contributed by atoms with Gasteiger partial charge in [0.1, 0.15) is 29.5 Å². The maximum Gasteiger partial charge on any atom is 0.146 e. The minimum atomic E-state index is -0.584. The number of aryl methyl sites for hydroxylation is 2. The highest BCUT2D eigenvalue weighted by molar-refractivity contribution is 5.78. The largest absolute Gasteiger partial charge is 0.510 e. The van der Waals surface area contributed by atoms with Crippen molar-refractivity contribution in [1.82, 2.24) is 5.43 Å². The molecule has 2 aromatic carbocycles. The zero-order valence-corrected chi connectivity index (χ0v) is 19.8. The molecule has 0 radical (unpaired) electrons. The van der Waals surface area contributed by atoms with Crippen molar-refractivity contribution in [1.29, 1.82) is 5.26 Å². The highest BCUT2D eigenvalue weighted by Crippen LogP contribution is 2.37. The summed E-state index contributed by atoms with van der Waals surface area (Å²) in [4.78, 5) is 1.77. The lowest BCUT2D eigenvalue weighted by molar-refractivity contribution is 0.370. The summed E-state index contributed by atoms with van der Waals surface area (Å²) in [6.45, 7) is 13.5. The summed E-state index contributed by atoms with van der Waals surface area (Å²) >= 11 is 0. The van der Waals surface area contributed by atoms with Crippen LogP contribution in [0, 0.1) is 24.1 Å². The average molecular weight is 440 g/mol. The Morgan fingerprint density at radius 1 is 1.25 bits per heavy atom. The Labute approximate surface area is 191 Å². The second-order valence-corrected chi connectivity index (χ2v) is 6.73. The summed E-state index contributed by atoms with van der Waals surface area (Å²) < 4.78 is 14.0. The van der Waals surface area contributed by atoms with E-state index >= 15 is 0 Å². The molecule has 0 saturated carbocycles. The molecule has 1 atom stereocenters. The van der Waals surface area contributed by atoms with Gasteiger partial charge in [0, 0.05) is 26.3 Å². The van der Waals surface area contributed by atoms with Crippen LogP contribution in [0.5, 0.6) is 0 Å². The van der Waals surface area contributed by atoms with Crippen LogP contribution in [-0.4, -0.2) is 25.0 Å². The van der Waals surface area contributed by atoms with Crippen LogP contribution >= 0.6 is 0 Å². The van der Waals surface area contributed by atoms with Gasteiger partial charge in [-0.25, -0.2) is 4.39 Å². The van der Waals surface area contributed by atoms with Crippen molar-refractivity contribution < 1.29 is 9.50 Å². The second kappa shape index (κ2) is 13.0. The minimum absolute atomic E-state index is 0.0378. The summed E-state index contributed by atoms with van der Waals surface area (Å²) in [5.41, 5.74) is 6.65. The Hall–Kier alpha value is -3.53. The molecule has 0 aliphatic carbocycles. The number of hydrogen-bond donors (Lipinski definition) is 3. The Bertz CT molecular complexity index is 964. The number of nitrogens with one attached hydrogen (secondary N) is 2. The van der Waals surface area contributed by atoms with Crippen LogP contribution in [0.1, 0.15) is 50.8 Å². The van der Waals surface area contributed by atoms with Gasteiger partial charge in [-0.3, -0.25) is 5.43 Å². The van der Waals surface area contributed by atoms with Gasteiger partial charge in [-0.1, -0.05) is 57.5 Å². The molecular formula is C25H34FN5O. The number of fused-ring (bicyclic) bond motifs is 1. The minimum Gasteiger partial charge on any atom is -0.510 e. The molecule has 0 spiro atoms. The molecule has 3 rings (SSSR count). The molecule has 0 amide bonds. The van der Waals surface area contributed by atoms with Gasteiger partial charge in [0.25, 0.3) is 0 Å². The summed E-state index contributed by atoms with van der Waals surface area (Å²) in [5, 5.41) is 26.7. The summed E-state index contributed by atoms with van der Waals surface area (Å²) in [5.74, 6) is -0.453. The van der Waals surface area contributed by atoms with E-state index < -0.39 is 12.0 Å². The third-order valence-corrected chi connectivity index (χ3v) is 4.82. The van der Waals surface area contributed by atoms with Crippen LogP contribution < -0.4 is 15.6 Å². The normalized spacial score (nSPS) is 14.3. The summed E-state index contributed by atoms with van der Waals surface area (Å²) in [6.07, 6.45) is 0.568. The molecule has 0 bridgehead atoms. The van der Waals surface area contributed by atoms with Crippen molar-refractivity contribution in [2.75, 3.05) is 17.3 Å². The van der Waals surface area contributed by atoms with E-state index in [1.54, 1.807) is 11.9 Å². The number of nitriles is 1. The zero-order chi connectivity index (χ0) is 24.3. The quantitative estimate of drug-likeness (QED) is 0.299. The molecular weight excluding hydrogens is 405 g/mol. The van der Waals surface area contributed by atoms with Crippen molar-refractivity contribution in [3.8, 4) is 6.07 Å². The van der Waals surface area contributed by atoms with Gasteiger partial charge < -0.3 is 15.3 Å². The SMILES string of the molecule is C=NN/C(=C(/O)CCc1ccc(C)cc1)C1Nc2cc(C#N)c(F)cc2N1C.CC.CC. The maximum atomic E-state index is 14.0. The molecule has 1 aliphatic rings. The fourth-order valence-corrected chi connectivity index (χ4v) is 3.23. The topological polar surface area (TPSA) is 83.7 Å². The van der Waals surface area contributed by atoms with Crippen LogP contribution in [0.15, 0.2) is 53.0 Å². The number of hydrazone groups is 1. The smallest absolute Gasteiger partial charge is 0.146 e. The standard InChI is InChI=1S/C21H22FN5O.2C2H6/c1-13-4-6-14(7-5-13)8-9-19(28)20(26-24-2)21-25-17-10-15(12-23)16(22)11-18(17)27(21)3;2*1-2/h4-7,10-11,21,25-26,28H,2,8-9H2,1,3H3;2*1-2H3/b20-19+;;. The summed E-state index contributed by atoms with van der Waals surface area (Å²) in [6, 6.07) is 12.7. The van der Waals surface area contributed by atoms with Gasteiger partial charge in [0.2, 0.25) is 0 Å². The van der Waals surface area contributed by atoms with Gasteiger partial charge in [0.05, 0.1) is 16.9 Å². The molecule has 0 saturated heterocycles. The lowest BCUT2D eigenvalue weighted by Gasteiger charge is -2.25. The lowest BCUT2D eigenvalue weighted by atomic mass is 10.1. The second-order valence-electron chi connectivity index (χ2n) is 6.73. The van der Waals surface area contributed by atoms with Gasteiger partial charge in [-0.15, -0.1) is 0 Å². The molecule has 32 heavy (non-hydrogen) atoms. The molecule has 172 valence electrons. The molecule has 2 aromatic rings. The molecule has 0 aromatic heterocycles. The van der Waals surface area contributed by atoms with E-state index in [2.05, 4.69) is 22.6 Å². The highest BCUT2D eigenvalue weighted by atomic mass is 19.1. The van der Waals surface area contributed by atoms with E-state index in [0.29, 0.717) is 29.9 Å². The van der Waals surface area contributed by atoms with Gasteiger partial charge in [0.15, 0.2) is 0 Å². The third kappa shape index (κ3) is 6.24. The monoisotopic (exact) mass is 439 g/mol. The van der Waals surface area contributed by atoms with Crippen LogP contribution in [0.4, 0.5) is 15.8 Å². The summed E-state index contributed by atoms with van der Waals surface area (Å²) in [7, 11) is 1.77. The fraction of sp³-hybridized carbons (Fsp3) is 0.360. The highest BCUT2D eigenvalue weighted by Gasteiger charge is 2.32. The van der Waals surface area contributed by atoms with Crippen molar-refractivity contribution in [3.63, 3.8) is 0 Å². The number of aliphatic hydroxyl groups excluding tert-OH is 1. The molecule has 0 fully saturated rings. The van der Waals surface area contributed by atoms with E-state index in [9.17, 15) is 9.50 Å². The molecule has 1 unspecified atom stereocenters. The predicted molar refractivity (Wildman–Crippen MR) is 131 cm³/mol. The van der Waals surface area contributed by atoms with E-state index in [1.807, 2.05) is 65.0 Å². The molecule has 1 heterocycles. The maximum absolute atomic E-state index is 14.0. The van der Waals surface area contributed by atoms with E-state index in [4.69, 9.17) is 5.26 Å². The van der Waals surface area contributed by atoms with Crippen molar-refractivity contribution in [2.45, 2.75) is 53.6 Å². The van der Waals surface area contributed by atoms with Crippen molar-refractivity contribution in [3.05, 3.63) is 70.4 Å². The number of likely N-dealkylation sites (N-methyl/N-ethyl adjacent to an activating group) is 1. The predicted octanol–water partition coefficient (Wildman–Crippen LogP) is 5.85. The first-order chi connectivity index (χ1) is 15.4. The molecule has 3 N–H and O–H groups in total.